The normalized spacial score (nSPS) is 16.8. The number of ether oxygens (including phenoxy) is 1. The summed E-state index contributed by atoms with van der Waals surface area (Å²) in [5.74, 6) is 1.10. The van der Waals surface area contributed by atoms with Crippen LogP contribution in [-0.2, 0) is 4.79 Å². The van der Waals surface area contributed by atoms with Crippen LogP contribution in [-0.4, -0.2) is 45.8 Å². The van der Waals surface area contributed by atoms with Crippen molar-refractivity contribution < 1.29 is 14.3 Å². The minimum absolute atomic E-state index is 0.0236. The second kappa shape index (κ2) is 8.95. The third kappa shape index (κ3) is 5.50. The van der Waals surface area contributed by atoms with E-state index in [4.69, 9.17) is 16.3 Å². The Labute approximate surface area is 163 Å². The maximum atomic E-state index is 12.5. The van der Waals surface area contributed by atoms with Crippen molar-refractivity contribution in [2.24, 2.45) is 0 Å². The number of Topliss-reactive ketones (excluding diaryl/α,β-unsaturated/α-hetero) is 1. The Balaban J connectivity index is 1.50. The summed E-state index contributed by atoms with van der Waals surface area (Å²) in [4.78, 5) is 34.8. The molecule has 1 unspecified atom stereocenters. The van der Waals surface area contributed by atoms with Crippen LogP contribution >= 0.6 is 11.6 Å². The number of carbonyl (C=O) groups is 2. The van der Waals surface area contributed by atoms with E-state index in [0.717, 1.165) is 12.8 Å². The van der Waals surface area contributed by atoms with Gasteiger partial charge in [0.05, 0.1) is 6.54 Å². The number of hydrogen-bond acceptors (Lipinski definition) is 5. The van der Waals surface area contributed by atoms with Crippen LogP contribution in [0.15, 0.2) is 36.5 Å². The molecule has 1 fully saturated rings. The fourth-order valence-electron chi connectivity index (χ4n) is 3.09. The van der Waals surface area contributed by atoms with Crippen LogP contribution in [0.25, 0.3) is 0 Å². The fourth-order valence-corrected chi connectivity index (χ4v) is 3.22. The smallest absolute Gasteiger partial charge is 0.223 e. The van der Waals surface area contributed by atoms with Gasteiger partial charge in [-0.25, -0.2) is 4.98 Å². The summed E-state index contributed by atoms with van der Waals surface area (Å²) in [6.45, 7) is 3.01. The van der Waals surface area contributed by atoms with Crippen molar-refractivity contribution in [3.05, 3.63) is 52.9 Å². The second-order valence-electron chi connectivity index (χ2n) is 6.59. The standard InChI is InChI=1S/C20H22ClN3O3/c1-14-22-11-10-19(23-14)27-17-3-2-12-24(13-17)20(26)9-8-18(25)15-4-6-16(21)7-5-15/h4-7,10-11,17H,2-3,8-9,12-13H2,1H3. The highest BCUT2D eigenvalue weighted by Crippen LogP contribution is 2.18. The van der Waals surface area contributed by atoms with E-state index in [1.165, 1.54) is 0 Å². The Hall–Kier alpha value is -2.47. The largest absolute Gasteiger partial charge is 0.472 e. The van der Waals surface area contributed by atoms with Crippen LogP contribution in [0.4, 0.5) is 0 Å². The Morgan fingerprint density at radius 1 is 1.22 bits per heavy atom. The first-order chi connectivity index (χ1) is 13.0. The molecule has 1 atom stereocenters. The molecule has 1 aliphatic heterocycles. The molecule has 1 saturated heterocycles. The zero-order chi connectivity index (χ0) is 19.2. The lowest BCUT2D eigenvalue weighted by Crippen LogP contribution is -2.44. The van der Waals surface area contributed by atoms with Gasteiger partial charge in [-0.1, -0.05) is 11.6 Å². The summed E-state index contributed by atoms with van der Waals surface area (Å²) in [6, 6.07) is 8.45. The van der Waals surface area contributed by atoms with Gasteiger partial charge in [0.15, 0.2) is 5.78 Å². The monoisotopic (exact) mass is 387 g/mol. The number of halogens is 1. The molecule has 0 saturated carbocycles. The third-order valence-corrected chi connectivity index (χ3v) is 4.75. The first-order valence-corrected chi connectivity index (χ1v) is 9.42. The predicted molar refractivity (Wildman–Crippen MR) is 102 cm³/mol. The van der Waals surface area contributed by atoms with E-state index in [1.807, 2.05) is 0 Å². The zero-order valence-electron chi connectivity index (χ0n) is 15.2. The minimum atomic E-state index is -0.0935. The molecule has 2 heterocycles. The van der Waals surface area contributed by atoms with Crippen molar-refractivity contribution in [1.82, 2.24) is 14.9 Å². The molecule has 0 N–H and O–H groups in total. The van der Waals surface area contributed by atoms with Crippen LogP contribution in [0.5, 0.6) is 5.88 Å². The highest BCUT2D eigenvalue weighted by Gasteiger charge is 2.25. The van der Waals surface area contributed by atoms with Crippen molar-refractivity contribution in [3.8, 4) is 5.88 Å². The summed E-state index contributed by atoms with van der Waals surface area (Å²) >= 11 is 5.83. The minimum Gasteiger partial charge on any atom is -0.472 e. The van der Waals surface area contributed by atoms with Crippen molar-refractivity contribution in [1.29, 1.82) is 0 Å². The van der Waals surface area contributed by atoms with Gasteiger partial charge in [0, 0.05) is 42.2 Å². The van der Waals surface area contributed by atoms with Gasteiger partial charge in [-0.15, -0.1) is 0 Å². The number of hydrogen-bond donors (Lipinski definition) is 0. The van der Waals surface area contributed by atoms with E-state index >= 15 is 0 Å². The summed E-state index contributed by atoms with van der Waals surface area (Å²) in [7, 11) is 0. The van der Waals surface area contributed by atoms with E-state index in [9.17, 15) is 9.59 Å². The first kappa shape index (κ1) is 19.3. The van der Waals surface area contributed by atoms with Crippen LogP contribution < -0.4 is 4.74 Å². The zero-order valence-corrected chi connectivity index (χ0v) is 16.0. The number of aryl methyl sites for hydroxylation is 1. The Morgan fingerprint density at radius 2 is 2.00 bits per heavy atom. The number of benzene rings is 1. The maximum absolute atomic E-state index is 12.5. The average Bonchev–Trinajstić information content (AvgIpc) is 2.66. The predicted octanol–water partition coefficient (Wildman–Crippen LogP) is 3.47. The third-order valence-electron chi connectivity index (χ3n) is 4.50. The molecule has 3 rings (SSSR count). The van der Waals surface area contributed by atoms with E-state index in [1.54, 1.807) is 48.4 Å². The van der Waals surface area contributed by atoms with Crippen molar-refractivity contribution in [2.45, 2.75) is 38.7 Å². The lowest BCUT2D eigenvalue weighted by atomic mass is 10.0. The summed E-state index contributed by atoms with van der Waals surface area (Å²) in [6.07, 6.45) is 3.69. The van der Waals surface area contributed by atoms with E-state index < -0.39 is 0 Å². The fraction of sp³-hybridized carbons (Fsp3) is 0.400. The molecular weight excluding hydrogens is 366 g/mol. The van der Waals surface area contributed by atoms with Gasteiger partial charge < -0.3 is 9.64 Å². The number of piperidine rings is 1. The van der Waals surface area contributed by atoms with Crippen LogP contribution in [0.3, 0.4) is 0 Å². The van der Waals surface area contributed by atoms with Gasteiger partial charge in [-0.05, 0) is 44.0 Å². The number of likely N-dealkylation sites (tertiary alicyclic amines) is 1. The van der Waals surface area contributed by atoms with E-state index in [-0.39, 0.29) is 30.6 Å². The number of ketones is 1. The number of amides is 1. The van der Waals surface area contributed by atoms with E-state index in [2.05, 4.69) is 9.97 Å². The van der Waals surface area contributed by atoms with Gasteiger partial charge in [0.2, 0.25) is 11.8 Å². The van der Waals surface area contributed by atoms with Crippen LogP contribution in [0.2, 0.25) is 5.02 Å². The number of aromatic nitrogens is 2. The molecule has 0 radical (unpaired) electrons. The molecule has 2 aromatic rings. The molecule has 142 valence electrons. The number of carbonyl (C=O) groups excluding carboxylic acids is 2. The van der Waals surface area contributed by atoms with Crippen LogP contribution in [0, 0.1) is 6.92 Å². The molecule has 0 aliphatic carbocycles. The molecule has 27 heavy (non-hydrogen) atoms. The van der Waals surface area contributed by atoms with Gasteiger partial charge in [-0.3, -0.25) is 9.59 Å². The molecule has 1 aliphatic rings. The maximum Gasteiger partial charge on any atom is 0.223 e. The molecule has 6 nitrogen and oxygen atoms in total. The summed E-state index contributed by atoms with van der Waals surface area (Å²) in [5, 5.41) is 0.584. The Bertz CT molecular complexity index is 810. The molecule has 1 amide bonds. The van der Waals surface area contributed by atoms with Gasteiger partial charge in [-0.2, -0.15) is 4.98 Å². The molecule has 1 aromatic heterocycles. The number of nitrogens with zero attached hydrogens (tertiary/aromatic N) is 3. The Kier molecular flexibility index (Phi) is 6.40. The average molecular weight is 388 g/mol. The van der Waals surface area contributed by atoms with Gasteiger partial charge in [0.25, 0.3) is 0 Å². The molecule has 7 heteroatoms. The number of rotatable bonds is 6. The second-order valence-corrected chi connectivity index (χ2v) is 7.03. The molecule has 1 aromatic carbocycles. The summed E-state index contributed by atoms with van der Waals surface area (Å²) < 4.78 is 5.90. The van der Waals surface area contributed by atoms with Crippen molar-refractivity contribution >= 4 is 23.3 Å². The molecular formula is C20H22ClN3O3. The Morgan fingerprint density at radius 3 is 2.74 bits per heavy atom. The van der Waals surface area contributed by atoms with Gasteiger partial charge >= 0.3 is 0 Å². The highest BCUT2D eigenvalue weighted by molar-refractivity contribution is 6.30. The van der Waals surface area contributed by atoms with Gasteiger partial charge in [0.1, 0.15) is 11.9 Å². The summed E-state index contributed by atoms with van der Waals surface area (Å²) in [5.41, 5.74) is 0.575. The SMILES string of the molecule is Cc1nccc(OC2CCCN(C(=O)CCC(=O)c3ccc(Cl)cc3)C2)n1. The van der Waals surface area contributed by atoms with E-state index in [0.29, 0.717) is 35.4 Å². The lowest BCUT2D eigenvalue weighted by molar-refractivity contribution is -0.133. The van der Waals surface area contributed by atoms with Crippen LogP contribution in [0.1, 0.15) is 41.9 Å². The topological polar surface area (TPSA) is 72.4 Å². The van der Waals surface area contributed by atoms with Crippen molar-refractivity contribution in [2.75, 3.05) is 13.1 Å². The highest BCUT2D eigenvalue weighted by atomic mass is 35.5. The first-order valence-electron chi connectivity index (χ1n) is 9.04. The molecule has 0 bridgehead atoms. The van der Waals surface area contributed by atoms with Crippen molar-refractivity contribution in [3.63, 3.8) is 0 Å². The molecule has 0 spiro atoms. The quantitative estimate of drug-likeness (QED) is 0.709. The lowest BCUT2D eigenvalue weighted by Gasteiger charge is -2.32.